The van der Waals surface area contributed by atoms with Crippen LogP contribution in [0.5, 0.6) is 0 Å². The van der Waals surface area contributed by atoms with Gasteiger partial charge in [0.1, 0.15) is 0 Å². The van der Waals surface area contributed by atoms with Gasteiger partial charge in [-0.05, 0) is 12.8 Å². The summed E-state index contributed by atoms with van der Waals surface area (Å²) in [5, 5.41) is 0. The van der Waals surface area contributed by atoms with Crippen LogP contribution in [-0.2, 0) is 9.53 Å². The maximum Gasteiger partial charge on any atom is 0.200 e. The van der Waals surface area contributed by atoms with Crippen LogP contribution in [0.15, 0.2) is 0 Å². The molecule has 1 radical (unpaired) electrons. The highest BCUT2D eigenvalue weighted by Gasteiger charge is 2.27. The standard InChI is InChI=1S/C7H12NO2/c8-7(1-4-9)2-5-10-6-3-7/h1-3,5-6,8H2. The first-order valence-electron chi connectivity index (χ1n) is 3.48. The first kappa shape index (κ1) is 7.69. The summed E-state index contributed by atoms with van der Waals surface area (Å²) in [5.74, 6) is 0. The molecule has 0 bridgehead atoms. The van der Waals surface area contributed by atoms with Gasteiger partial charge in [0.15, 0.2) is 6.29 Å². The Bertz CT molecular complexity index is 119. The number of rotatable bonds is 2. The number of hydrogen-bond acceptors (Lipinski definition) is 3. The van der Waals surface area contributed by atoms with Crippen LogP contribution >= 0.6 is 0 Å². The predicted octanol–water partition coefficient (Wildman–Crippen LogP) is -0.00590. The van der Waals surface area contributed by atoms with E-state index < -0.39 is 0 Å². The van der Waals surface area contributed by atoms with Crippen molar-refractivity contribution in [1.29, 1.82) is 0 Å². The summed E-state index contributed by atoms with van der Waals surface area (Å²) in [5.41, 5.74) is 5.51. The number of hydrogen-bond donors (Lipinski definition) is 1. The van der Waals surface area contributed by atoms with Gasteiger partial charge in [0.2, 0.25) is 0 Å². The Hall–Kier alpha value is -0.410. The van der Waals surface area contributed by atoms with E-state index in [0.717, 1.165) is 12.8 Å². The molecule has 0 aromatic carbocycles. The zero-order chi connectivity index (χ0) is 7.45. The van der Waals surface area contributed by atoms with E-state index >= 15 is 0 Å². The molecule has 0 aromatic rings. The van der Waals surface area contributed by atoms with Crippen LogP contribution in [-0.4, -0.2) is 25.0 Å². The molecule has 0 unspecified atom stereocenters. The van der Waals surface area contributed by atoms with Crippen LogP contribution in [0.3, 0.4) is 0 Å². The predicted molar refractivity (Wildman–Crippen MR) is 37.3 cm³/mol. The fourth-order valence-electron chi connectivity index (χ4n) is 1.10. The molecule has 0 aromatic heterocycles. The second-order valence-corrected chi connectivity index (χ2v) is 2.80. The van der Waals surface area contributed by atoms with Gasteiger partial charge in [0.25, 0.3) is 0 Å². The summed E-state index contributed by atoms with van der Waals surface area (Å²) in [6.07, 6.45) is 3.75. The van der Waals surface area contributed by atoms with Crippen molar-refractivity contribution >= 4 is 6.29 Å². The Morgan fingerprint density at radius 1 is 1.50 bits per heavy atom. The molecule has 1 saturated heterocycles. The van der Waals surface area contributed by atoms with Crippen LogP contribution in [0.1, 0.15) is 19.3 Å². The lowest BCUT2D eigenvalue weighted by Gasteiger charge is -2.31. The van der Waals surface area contributed by atoms with Crippen LogP contribution < -0.4 is 5.73 Å². The summed E-state index contributed by atoms with van der Waals surface area (Å²) in [6.45, 7) is 1.36. The van der Waals surface area contributed by atoms with Crippen molar-refractivity contribution in [1.82, 2.24) is 0 Å². The second kappa shape index (κ2) is 3.12. The molecule has 1 aliphatic rings. The fraction of sp³-hybridized carbons (Fsp3) is 0.857. The molecule has 2 N–H and O–H groups in total. The number of ether oxygens (including phenoxy) is 1. The topological polar surface area (TPSA) is 52.3 Å². The summed E-state index contributed by atoms with van der Waals surface area (Å²) in [6, 6.07) is 0. The maximum absolute atomic E-state index is 10.0. The zero-order valence-corrected chi connectivity index (χ0v) is 5.93. The molecular formula is C7H12NO2. The minimum atomic E-state index is -0.319. The minimum absolute atomic E-state index is 0.319. The molecule has 10 heavy (non-hydrogen) atoms. The quantitative estimate of drug-likeness (QED) is 0.590. The Labute approximate surface area is 60.5 Å². The monoisotopic (exact) mass is 142 g/mol. The van der Waals surface area contributed by atoms with Crippen LogP contribution in [0.2, 0.25) is 0 Å². The SMILES string of the molecule is NC1(C[C]=O)CCOCC1. The molecule has 57 valence electrons. The van der Waals surface area contributed by atoms with E-state index in [4.69, 9.17) is 10.5 Å². The normalized spacial score (nSPS) is 24.1. The van der Waals surface area contributed by atoms with Gasteiger partial charge in [-0.15, -0.1) is 0 Å². The second-order valence-electron chi connectivity index (χ2n) is 2.80. The van der Waals surface area contributed by atoms with Crippen LogP contribution in [0, 0.1) is 0 Å². The third-order valence-electron chi connectivity index (χ3n) is 1.91. The van der Waals surface area contributed by atoms with Gasteiger partial charge >= 0.3 is 0 Å². The molecule has 1 heterocycles. The minimum Gasteiger partial charge on any atom is -0.381 e. The first-order valence-corrected chi connectivity index (χ1v) is 3.48. The lowest BCUT2D eigenvalue weighted by molar-refractivity contribution is 0.0555. The highest BCUT2D eigenvalue weighted by atomic mass is 16.5. The molecule has 0 saturated carbocycles. The largest absolute Gasteiger partial charge is 0.381 e. The third-order valence-corrected chi connectivity index (χ3v) is 1.91. The zero-order valence-electron chi connectivity index (χ0n) is 5.93. The van der Waals surface area contributed by atoms with Gasteiger partial charge in [-0.1, -0.05) is 0 Å². The van der Waals surface area contributed by atoms with E-state index in [2.05, 4.69) is 0 Å². The van der Waals surface area contributed by atoms with Crippen molar-refractivity contribution in [2.24, 2.45) is 5.73 Å². The summed E-state index contributed by atoms with van der Waals surface area (Å²) in [7, 11) is 0. The van der Waals surface area contributed by atoms with E-state index in [0.29, 0.717) is 19.6 Å². The Kier molecular flexibility index (Phi) is 2.40. The van der Waals surface area contributed by atoms with Gasteiger partial charge in [-0.2, -0.15) is 0 Å². The molecule has 0 atom stereocenters. The first-order chi connectivity index (χ1) is 4.77. The third kappa shape index (κ3) is 1.78. The van der Waals surface area contributed by atoms with Gasteiger partial charge in [-0.3, -0.25) is 4.79 Å². The molecule has 0 aliphatic carbocycles. The van der Waals surface area contributed by atoms with Gasteiger partial charge in [0, 0.05) is 25.2 Å². The lowest BCUT2D eigenvalue weighted by Crippen LogP contribution is -2.45. The van der Waals surface area contributed by atoms with E-state index in [1.54, 1.807) is 0 Å². The molecule has 3 nitrogen and oxygen atoms in total. The van der Waals surface area contributed by atoms with Crippen molar-refractivity contribution in [2.75, 3.05) is 13.2 Å². The highest BCUT2D eigenvalue weighted by molar-refractivity contribution is 5.52. The average molecular weight is 142 g/mol. The van der Waals surface area contributed by atoms with E-state index in [-0.39, 0.29) is 5.54 Å². The van der Waals surface area contributed by atoms with Crippen LogP contribution in [0.4, 0.5) is 0 Å². The van der Waals surface area contributed by atoms with E-state index in [9.17, 15) is 4.79 Å². The highest BCUT2D eigenvalue weighted by Crippen LogP contribution is 2.19. The summed E-state index contributed by atoms with van der Waals surface area (Å²) >= 11 is 0. The van der Waals surface area contributed by atoms with Crippen molar-refractivity contribution in [3.05, 3.63) is 0 Å². The fourth-order valence-corrected chi connectivity index (χ4v) is 1.10. The van der Waals surface area contributed by atoms with Gasteiger partial charge < -0.3 is 10.5 Å². The van der Waals surface area contributed by atoms with Crippen molar-refractivity contribution in [3.8, 4) is 0 Å². The average Bonchev–Trinajstić information content (AvgIpc) is 1.89. The molecule has 0 spiro atoms. The van der Waals surface area contributed by atoms with Gasteiger partial charge in [0.05, 0.1) is 0 Å². The van der Waals surface area contributed by atoms with E-state index in [1.807, 2.05) is 6.29 Å². The van der Waals surface area contributed by atoms with Crippen molar-refractivity contribution in [2.45, 2.75) is 24.8 Å². The van der Waals surface area contributed by atoms with Gasteiger partial charge in [-0.25, -0.2) is 0 Å². The maximum atomic E-state index is 10.0. The molecule has 1 aliphatic heterocycles. The smallest absolute Gasteiger partial charge is 0.200 e. The Morgan fingerprint density at radius 2 is 2.10 bits per heavy atom. The molecule has 1 fully saturated rings. The summed E-state index contributed by atoms with van der Waals surface area (Å²) < 4.78 is 5.10. The van der Waals surface area contributed by atoms with Crippen LogP contribution in [0.25, 0.3) is 0 Å². The summed E-state index contributed by atoms with van der Waals surface area (Å²) in [4.78, 5) is 10.0. The number of carbonyl (C=O) groups excluding carboxylic acids is 1. The number of nitrogens with two attached hydrogens (primary N) is 1. The molecule has 3 heteroatoms. The van der Waals surface area contributed by atoms with Crippen molar-refractivity contribution in [3.63, 3.8) is 0 Å². The Balaban J connectivity index is 2.39. The lowest BCUT2D eigenvalue weighted by atomic mass is 9.89. The molecule has 1 rings (SSSR count). The van der Waals surface area contributed by atoms with E-state index in [1.165, 1.54) is 0 Å². The van der Waals surface area contributed by atoms with Crippen molar-refractivity contribution < 1.29 is 9.53 Å². The molecular weight excluding hydrogens is 130 g/mol. The Morgan fingerprint density at radius 3 is 2.60 bits per heavy atom. The molecule has 0 amide bonds.